The van der Waals surface area contributed by atoms with E-state index in [1.165, 1.54) is 18.2 Å². The minimum Gasteiger partial charge on any atom is -0.465 e. The number of nitro groups is 1. The number of esters is 1. The Morgan fingerprint density at radius 3 is 2.65 bits per heavy atom. The van der Waals surface area contributed by atoms with E-state index in [1.54, 1.807) is 11.8 Å². The first-order chi connectivity index (χ1) is 9.36. The Morgan fingerprint density at radius 1 is 1.50 bits per heavy atom. The molecule has 110 valence electrons. The number of rotatable bonds is 6. The van der Waals surface area contributed by atoms with Crippen LogP contribution in [0.25, 0.3) is 0 Å². The van der Waals surface area contributed by atoms with E-state index in [0.717, 1.165) is 0 Å². The molecule has 0 saturated heterocycles. The second-order valence-electron chi connectivity index (χ2n) is 4.42. The number of ether oxygens (including phenoxy) is 1. The lowest BCUT2D eigenvalue weighted by Gasteiger charge is -2.27. The number of halogens is 1. The molecule has 0 saturated carbocycles. The average molecular weight is 301 g/mol. The van der Waals surface area contributed by atoms with Gasteiger partial charge in [-0.25, -0.2) is 0 Å². The van der Waals surface area contributed by atoms with Crippen LogP contribution in [0, 0.1) is 10.1 Å². The zero-order valence-electron chi connectivity index (χ0n) is 11.6. The van der Waals surface area contributed by atoms with Gasteiger partial charge in [-0.3, -0.25) is 14.9 Å². The fraction of sp³-hybridized carbons (Fsp3) is 0.462. The quantitative estimate of drug-likeness (QED) is 0.459. The van der Waals surface area contributed by atoms with Gasteiger partial charge in [0, 0.05) is 17.1 Å². The zero-order valence-corrected chi connectivity index (χ0v) is 12.4. The highest BCUT2D eigenvalue weighted by atomic mass is 35.5. The maximum atomic E-state index is 11.6. The SMILES string of the molecule is CCOC(=O)CN(c1cc(Cl)ccc1[N+](=O)[O-])C(C)C. The molecule has 6 nitrogen and oxygen atoms in total. The van der Waals surface area contributed by atoms with E-state index in [0.29, 0.717) is 10.7 Å². The maximum absolute atomic E-state index is 11.6. The van der Waals surface area contributed by atoms with Crippen LogP contribution in [-0.4, -0.2) is 30.1 Å². The summed E-state index contributed by atoms with van der Waals surface area (Å²) in [6.45, 7) is 5.59. The molecule has 0 atom stereocenters. The minimum absolute atomic E-state index is 0.0628. The molecule has 0 aliphatic heterocycles. The maximum Gasteiger partial charge on any atom is 0.325 e. The van der Waals surface area contributed by atoms with E-state index >= 15 is 0 Å². The van der Waals surface area contributed by atoms with Crippen LogP contribution in [0.2, 0.25) is 5.02 Å². The summed E-state index contributed by atoms with van der Waals surface area (Å²) in [5.41, 5.74) is 0.220. The molecule has 1 aromatic rings. The molecule has 0 unspecified atom stereocenters. The molecule has 0 bridgehead atoms. The number of carbonyl (C=O) groups excluding carboxylic acids is 1. The van der Waals surface area contributed by atoms with Crippen LogP contribution in [0.5, 0.6) is 0 Å². The molecule has 1 aromatic carbocycles. The lowest BCUT2D eigenvalue weighted by molar-refractivity contribution is -0.384. The molecule has 0 heterocycles. The Balaban J connectivity index is 3.17. The fourth-order valence-electron chi connectivity index (χ4n) is 1.77. The summed E-state index contributed by atoms with van der Waals surface area (Å²) in [7, 11) is 0. The second-order valence-corrected chi connectivity index (χ2v) is 4.85. The Labute approximate surface area is 122 Å². The average Bonchev–Trinajstić information content (AvgIpc) is 2.35. The molecule has 0 aliphatic rings. The van der Waals surface area contributed by atoms with Crippen molar-refractivity contribution in [2.45, 2.75) is 26.8 Å². The van der Waals surface area contributed by atoms with Gasteiger partial charge in [-0.2, -0.15) is 0 Å². The van der Waals surface area contributed by atoms with Gasteiger partial charge >= 0.3 is 5.97 Å². The van der Waals surface area contributed by atoms with E-state index in [4.69, 9.17) is 16.3 Å². The molecule has 0 spiro atoms. The number of hydrogen-bond acceptors (Lipinski definition) is 5. The van der Waals surface area contributed by atoms with Crippen LogP contribution in [-0.2, 0) is 9.53 Å². The third-order valence-electron chi connectivity index (χ3n) is 2.67. The van der Waals surface area contributed by atoms with Crippen LogP contribution >= 0.6 is 11.6 Å². The molecule has 20 heavy (non-hydrogen) atoms. The first kappa shape index (κ1) is 16.2. The van der Waals surface area contributed by atoms with Crippen LogP contribution < -0.4 is 4.90 Å². The molecule has 1 rings (SSSR count). The Hall–Kier alpha value is -1.82. The molecule has 0 aliphatic carbocycles. The van der Waals surface area contributed by atoms with Gasteiger partial charge < -0.3 is 9.64 Å². The number of nitrogens with zero attached hydrogens (tertiary/aromatic N) is 2. The van der Waals surface area contributed by atoms with Crippen molar-refractivity contribution in [1.29, 1.82) is 0 Å². The monoisotopic (exact) mass is 300 g/mol. The molecule has 0 amide bonds. The molecule has 0 aromatic heterocycles. The van der Waals surface area contributed by atoms with Gasteiger partial charge in [0.1, 0.15) is 12.2 Å². The predicted octanol–water partition coefficient (Wildman–Crippen LogP) is 3.03. The van der Waals surface area contributed by atoms with Crippen molar-refractivity contribution in [3.8, 4) is 0 Å². The second kappa shape index (κ2) is 7.09. The van der Waals surface area contributed by atoms with Gasteiger partial charge in [-0.1, -0.05) is 11.6 Å². The Bertz CT molecular complexity index is 505. The van der Waals surface area contributed by atoms with Crippen LogP contribution in [0.15, 0.2) is 18.2 Å². The highest BCUT2D eigenvalue weighted by Gasteiger charge is 2.24. The van der Waals surface area contributed by atoms with E-state index < -0.39 is 10.9 Å². The number of carbonyl (C=O) groups is 1. The molecule has 0 radical (unpaired) electrons. The van der Waals surface area contributed by atoms with Crippen molar-refractivity contribution >= 4 is 28.9 Å². The highest BCUT2D eigenvalue weighted by Crippen LogP contribution is 2.32. The topological polar surface area (TPSA) is 72.7 Å². The van der Waals surface area contributed by atoms with Crippen molar-refractivity contribution in [1.82, 2.24) is 0 Å². The van der Waals surface area contributed by atoms with Crippen molar-refractivity contribution < 1.29 is 14.5 Å². The van der Waals surface area contributed by atoms with Crippen LogP contribution in [0.1, 0.15) is 20.8 Å². The summed E-state index contributed by atoms with van der Waals surface area (Å²) < 4.78 is 4.89. The predicted molar refractivity (Wildman–Crippen MR) is 77.2 cm³/mol. The molecular weight excluding hydrogens is 284 g/mol. The van der Waals surface area contributed by atoms with Crippen molar-refractivity contribution in [2.75, 3.05) is 18.1 Å². The van der Waals surface area contributed by atoms with Gasteiger partial charge in [-0.05, 0) is 32.9 Å². The van der Waals surface area contributed by atoms with E-state index in [2.05, 4.69) is 0 Å². The van der Waals surface area contributed by atoms with E-state index in [9.17, 15) is 14.9 Å². The normalized spacial score (nSPS) is 10.4. The summed E-state index contributed by atoms with van der Waals surface area (Å²) in [6.07, 6.45) is 0. The van der Waals surface area contributed by atoms with Gasteiger partial charge in [0.05, 0.1) is 11.5 Å². The molecule has 7 heteroatoms. The number of benzene rings is 1. The lowest BCUT2D eigenvalue weighted by atomic mass is 10.2. The van der Waals surface area contributed by atoms with Crippen molar-refractivity contribution in [3.05, 3.63) is 33.3 Å². The van der Waals surface area contributed by atoms with Crippen molar-refractivity contribution in [2.24, 2.45) is 0 Å². The smallest absolute Gasteiger partial charge is 0.325 e. The third-order valence-corrected chi connectivity index (χ3v) is 2.91. The van der Waals surface area contributed by atoms with Gasteiger partial charge in [0.25, 0.3) is 5.69 Å². The van der Waals surface area contributed by atoms with E-state index in [-0.39, 0.29) is 24.9 Å². The number of nitro benzene ring substituents is 1. The molecular formula is C13H17ClN2O4. The Kier molecular flexibility index (Phi) is 5.76. The summed E-state index contributed by atoms with van der Waals surface area (Å²) in [6, 6.07) is 4.15. The largest absolute Gasteiger partial charge is 0.465 e. The van der Waals surface area contributed by atoms with Crippen molar-refractivity contribution in [3.63, 3.8) is 0 Å². The third kappa shape index (κ3) is 4.09. The highest BCUT2D eigenvalue weighted by molar-refractivity contribution is 6.31. The first-order valence-corrected chi connectivity index (χ1v) is 6.60. The van der Waals surface area contributed by atoms with E-state index in [1.807, 2.05) is 13.8 Å². The van der Waals surface area contributed by atoms with Crippen LogP contribution in [0.3, 0.4) is 0 Å². The molecule has 0 fully saturated rings. The fourth-order valence-corrected chi connectivity index (χ4v) is 1.94. The first-order valence-electron chi connectivity index (χ1n) is 6.23. The summed E-state index contributed by atoms with van der Waals surface area (Å²) in [5.74, 6) is -0.435. The zero-order chi connectivity index (χ0) is 15.3. The molecule has 0 N–H and O–H groups in total. The Morgan fingerprint density at radius 2 is 2.15 bits per heavy atom. The lowest BCUT2D eigenvalue weighted by Crippen LogP contribution is -2.37. The van der Waals surface area contributed by atoms with Gasteiger partial charge in [-0.15, -0.1) is 0 Å². The van der Waals surface area contributed by atoms with Gasteiger partial charge in [0.2, 0.25) is 0 Å². The standard InChI is InChI=1S/C13H17ClN2O4/c1-4-20-13(17)8-15(9(2)3)12-7-10(14)5-6-11(12)16(18)19/h5-7,9H,4,8H2,1-3H3. The summed E-state index contributed by atoms with van der Waals surface area (Å²) in [4.78, 5) is 23.8. The van der Waals surface area contributed by atoms with Gasteiger partial charge in [0.15, 0.2) is 0 Å². The minimum atomic E-state index is -0.494. The summed E-state index contributed by atoms with van der Waals surface area (Å²) in [5, 5.41) is 11.5. The number of anilines is 1. The summed E-state index contributed by atoms with van der Waals surface area (Å²) >= 11 is 5.90. The van der Waals surface area contributed by atoms with Crippen LogP contribution in [0.4, 0.5) is 11.4 Å². The number of hydrogen-bond donors (Lipinski definition) is 0.